The Hall–Kier alpha value is -2.59. The zero-order chi connectivity index (χ0) is 24.3. The van der Waals surface area contributed by atoms with Crippen molar-refractivity contribution in [2.45, 2.75) is 51.4 Å². The third kappa shape index (κ3) is 5.42. The van der Waals surface area contributed by atoms with Crippen LogP contribution in [0.4, 0.5) is 0 Å². The number of ether oxygens (including phenoxy) is 3. The summed E-state index contributed by atoms with van der Waals surface area (Å²) in [6.07, 6.45) is -1.02. The summed E-state index contributed by atoms with van der Waals surface area (Å²) >= 11 is 0. The molecular formula is C22H33NO8Si. The average molecular weight is 468 g/mol. The Kier molecular flexibility index (Phi) is 7.95. The van der Waals surface area contributed by atoms with Gasteiger partial charge in [-0.1, -0.05) is 20.8 Å². The molecule has 2 rings (SSSR count). The molecule has 1 aliphatic rings. The molecule has 1 aliphatic heterocycles. The van der Waals surface area contributed by atoms with Crippen LogP contribution in [0.2, 0.25) is 18.1 Å². The maximum absolute atomic E-state index is 12.9. The number of fused-ring (bicyclic) bond motifs is 1. The van der Waals surface area contributed by atoms with E-state index < -0.39 is 32.3 Å². The Morgan fingerprint density at radius 1 is 1.16 bits per heavy atom. The first kappa shape index (κ1) is 25.7. The predicted octanol–water partition coefficient (Wildman–Crippen LogP) is 3.36. The van der Waals surface area contributed by atoms with E-state index in [0.29, 0.717) is 27.5 Å². The fourth-order valence-electron chi connectivity index (χ4n) is 3.08. The number of hydrogen-bond acceptors (Lipinski definition) is 8. The van der Waals surface area contributed by atoms with Gasteiger partial charge in [-0.15, -0.1) is 0 Å². The molecule has 32 heavy (non-hydrogen) atoms. The summed E-state index contributed by atoms with van der Waals surface area (Å²) in [6, 6.07) is 5.22. The molecule has 0 bridgehead atoms. The summed E-state index contributed by atoms with van der Waals surface area (Å²) in [5, 5.41) is 12.8. The molecule has 0 N–H and O–H groups in total. The largest absolute Gasteiger partial charge is 0.497 e. The second kappa shape index (κ2) is 9.91. The van der Waals surface area contributed by atoms with E-state index in [0.717, 1.165) is 0 Å². The number of benzene rings is 1. The molecule has 0 aliphatic carbocycles. The molecule has 1 aromatic carbocycles. The molecule has 9 nitrogen and oxygen atoms in total. The van der Waals surface area contributed by atoms with Crippen LogP contribution < -0.4 is 4.74 Å². The first-order valence-electron chi connectivity index (χ1n) is 10.3. The summed E-state index contributed by atoms with van der Waals surface area (Å²) in [5.41, 5.74) is 1.55. The van der Waals surface area contributed by atoms with Crippen molar-refractivity contribution in [2.24, 2.45) is 5.92 Å². The van der Waals surface area contributed by atoms with Crippen molar-refractivity contribution in [1.82, 2.24) is 0 Å². The summed E-state index contributed by atoms with van der Waals surface area (Å²) in [4.78, 5) is 30.3. The lowest BCUT2D eigenvalue weighted by atomic mass is 9.91. The summed E-state index contributed by atoms with van der Waals surface area (Å²) in [5.74, 6) is -2.22. The third-order valence-electron chi connectivity index (χ3n) is 6.16. The smallest absolute Gasteiger partial charge is 0.320 e. The zero-order valence-electron chi connectivity index (χ0n) is 20.0. The number of carbonyl (C=O) groups is 2. The lowest BCUT2D eigenvalue weighted by Gasteiger charge is -2.36. The van der Waals surface area contributed by atoms with E-state index in [1.54, 1.807) is 18.2 Å². The molecule has 0 aromatic heterocycles. The number of esters is 2. The van der Waals surface area contributed by atoms with Gasteiger partial charge >= 0.3 is 11.9 Å². The maximum Gasteiger partial charge on any atom is 0.320 e. The Morgan fingerprint density at radius 2 is 1.75 bits per heavy atom. The molecule has 1 atom stereocenters. The van der Waals surface area contributed by atoms with Gasteiger partial charge in [0.2, 0.25) is 0 Å². The molecule has 1 aromatic rings. The minimum atomic E-state index is -2.13. The second-order valence-corrected chi connectivity index (χ2v) is 13.9. The van der Waals surface area contributed by atoms with E-state index in [4.69, 9.17) is 23.5 Å². The van der Waals surface area contributed by atoms with E-state index in [1.807, 2.05) is 0 Å². The van der Waals surface area contributed by atoms with Crippen LogP contribution in [-0.2, 0) is 28.3 Å². The van der Waals surface area contributed by atoms with Crippen molar-refractivity contribution < 1.29 is 38.0 Å². The van der Waals surface area contributed by atoms with Crippen molar-refractivity contribution in [3.05, 3.63) is 34.5 Å². The molecule has 0 saturated heterocycles. The van der Waals surface area contributed by atoms with Gasteiger partial charge in [-0.05, 0) is 48.3 Å². The van der Waals surface area contributed by atoms with Gasteiger partial charge in [0.05, 0.1) is 33.0 Å². The monoisotopic (exact) mass is 467 g/mol. The first-order chi connectivity index (χ1) is 14.9. The van der Waals surface area contributed by atoms with Gasteiger partial charge < -0.3 is 23.5 Å². The van der Waals surface area contributed by atoms with Crippen molar-refractivity contribution in [3.8, 4) is 5.75 Å². The van der Waals surface area contributed by atoms with Gasteiger partial charge in [-0.25, -0.2) is 0 Å². The van der Waals surface area contributed by atoms with Gasteiger partial charge in [0.25, 0.3) is 5.71 Å². The van der Waals surface area contributed by atoms with Crippen LogP contribution >= 0.6 is 0 Å². The van der Waals surface area contributed by atoms with Gasteiger partial charge in [0, 0.05) is 4.90 Å². The Morgan fingerprint density at radius 3 is 2.25 bits per heavy atom. The van der Waals surface area contributed by atoms with E-state index >= 15 is 0 Å². The molecule has 0 fully saturated rings. The van der Waals surface area contributed by atoms with Crippen molar-refractivity contribution in [2.75, 3.05) is 27.9 Å². The Labute approximate surface area is 189 Å². The quantitative estimate of drug-likeness (QED) is 0.248. The van der Waals surface area contributed by atoms with Crippen molar-refractivity contribution in [1.29, 1.82) is 0 Å². The SMILES string of the molecule is COC(=O)C(CC1O[N+]([O-])=C(CO[Si](C)(C)C(C)(C)C)c2ccc(OC)cc21)C(=O)OC. The summed E-state index contributed by atoms with van der Waals surface area (Å²) < 4.78 is 21.0. The second-order valence-electron chi connectivity index (χ2n) is 9.13. The van der Waals surface area contributed by atoms with Crippen LogP contribution in [0.25, 0.3) is 0 Å². The number of nitrogens with zero attached hydrogens (tertiary/aromatic N) is 1. The molecule has 178 valence electrons. The highest BCUT2D eigenvalue weighted by atomic mass is 28.4. The van der Waals surface area contributed by atoms with Gasteiger partial charge in [0.15, 0.2) is 14.2 Å². The molecule has 1 heterocycles. The van der Waals surface area contributed by atoms with Crippen molar-refractivity contribution >= 4 is 26.0 Å². The summed E-state index contributed by atoms with van der Waals surface area (Å²) in [7, 11) is 1.76. The van der Waals surface area contributed by atoms with Crippen LogP contribution in [0, 0.1) is 11.1 Å². The maximum atomic E-state index is 12.9. The first-order valence-corrected chi connectivity index (χ1v) is 13.2. The molecule has 0 radical (unpaired) electrons. The fraction of sp³-hybridized carbons (Fsp3) is 0.591. The lowest BCUT2D eigenvalue weighted by molar-refractivity contribution is -0.758. The number of methoxy groups -OCH3 is 3. The number of carbonyl (C=O) groups excluding carboxylic acids is 2. The van der Waals surface area contributed by atoms with E-state index in [-0.39, 0.29) is 18.1 Å². The highest BCUT2D eigenvalue weighted by Gasteiger charge is 2.41. The molecule has 0 saturated carbocycles. The van der Waals surface area contributed by atoms with Gasteiger partial charge in [-0.3, -0.25) is 14.8 Å². The van der Waals surface area contributed by atoms with E-state index in [1.165, 1.54) is 21.3 Å². The Balaban J connectivity index is 2.43. The molecule has 0 spiro atoms. The van der Waals surface area contributed by atoms with E-state index in [9.17, 15) is 14.8 Å². The normalized spacial score (nSPS) is 16.3. The average Bonchev–Trinajstić information content (AvgIpc) is 2.74. The Bertz CT molecular complexity index is 874. The van der Waals surface area contributed by atoms with Crippen molar-refractivity contribution in [3.63, 3.8) is 0 Å². The number of hydrogen-bond donors (Lipinski definition) is 0. The van der Waals surface area contributed by atoms with Crippen LogP contribution in [0.15, 0.2) is 18.2 Å². The number of rotatable bonds is 8. The minimum absolute atomic E-state index is 0.0314. The molecule has 0 amide bonds. The van der Waals surface area contributed by atoms with Gasteiger partial charge in [0.1, 0.15) is 12.4 Å². The lowest BCUT2D eigenvalue weighted by Crippen LogP contribution is -2.43. The highest BCUT2D eigenvalue weighted by Crippen LogP contribution is 2.38. The van der Waals surface area contributed by atoms with Crippen LogP contribution in [0.1, 0.15) is 44.4 Å². The van der Waals surface area contributed by atoms with Crippen LogP contribution in [-0.4, -0.2) is 58.8 Å². The molecular weight excluding hydrogens is 434 g/mol. The topological polar surface area (TPSA) is 106 Å². The fourth-order valence-corrected chi connectivity index (χ4v) is 4.01. The third-order valence-corrected chi connectivity index (χ3v) is 10.6. The molecule has 1 unspecified atom stereocenters. The zero-order valence-corrected chi connectivity index (χ0v) is 21.0. The standard InChI is InChI=1S/C22H33NO8Si/c1-22(2,3)32(7,8)30-13-18-15-10-9-14(27-4)11-16(15)19(31-23(18)26)12-17(20(24)28-5)21(25)29-6/h9-11,17,19H,12-13H2,1-8H3. The van der Waals surface area contributed by atoms with E-state index in [2.05, 4.69) is 33.9 Å². The van der Waals surface area contributed by atoms with Crippen LogP contribution in [0.3, 0.4) is 0 Å². The highest BCUT2D eigenvalue weighted by molar-refractivity contribution is 6.74. The predicted molar refractivity (Wildman–Crippen MR) is 120 cm³/mol. The molecule has 10 heteroatoms. The summed E-state index contributed by atoms with van der Waals surface area (Å²) in [6.45, 7) is 10.6. The van der Waals surface area contributed by atoms with Gasteiger partial charge in [-0.2, -0.15) is 0 Å². The van der Waals surface area contributed by atoms with Crippen LogP contribution in [0.5, 0.6) is 5.75 Å². The minimum Gasteiger partial charge on any atom is -0.497 e.